The highest BCUT2D eigenvalue weighted by atomic mass is 16.6. The number of nitro groups is 1. The minimum atomic E-state index is -1.29. The zero-order valence-electron chi connectivity index (χ0n) is 10.4. The van der Waals surface area contributed by atoms with Gasteiger partial charge in [-0.1, -0.05) is 6.07 Å². The molecular formula is C11H13N3O5. The number of nitrogens with one attached hydrogen (secondary N) is 1. The lowest BCUT2D eigenvalue weighted by Crippen LogP contribution is -2.34. The van der Waals surface area contributed by atoms with E-state index in [1.54, 1.807) is 0 Å². The van der Waals surface area contributed by atoms with Gasteiger partial charge in [-0.15, -0.1) is 0 Å². The Hall–Kier alpha value is -2.64. The van der Waals surface area contributed by atoms with Gasteiger partial charge in [0.05, 0.1) is 17.0 Å². The molecule has 1 aromatic carbocycles. The predicted molar refractivity (Wildman–Crippen MR) is 67.4 cm³/mol. The molecule has 0 aliphatic carbocycles. The van der Waals surface area contributed by atoms with E-state index in [9.17, 15) is 19.7 Å². The topological polar surface area (TPSA) is 113 Å². The molecule has 1 rings (SSSR count). The second-order valence-electron chi connectivity index (χ2n) is 3.76. The van der Waals surface area contributed by atoms with Gasteiger partial charge in [0.15, 0.2) is 0 Å². The number of carbonyl (C=O) groups excluding carboxylic acids is 1. The summed E-state index contributed by atoms with van der Waals surface area (Å²) in [5.41, 5.74) is -0.671. The number of benzene rings is 1. The lowest BCUT2D eigenvalue weighted by Gasteiger charge is -2.19. The fourth-order valence-corrected chi connectivity index (χ4v) is 1.63. The van der Waals surface area contributed by atoms with Gasteiger partial charge in [0.2, 0.25) is 5.91 Å². The van der Waals surface area contributed by atoms with Crippen molar-refractivity contribution in [1.29, 1.82) is 0 Å². The van der Waals surface area contributed by atoms with Crippen molar-refractivity contribution in [3.05, 3.63) is 33.9 Å². The Morgan fingerprint density at radius 3 is 2.58 bits per heavy atom. The third kappa shape index (κ3) is 3.18. The molecule has 1 aromatic rings. The van der Waals surface area contributed by atoms with Crippen LogP contribution in [0.2, 0.25) is 0 Å². The van der Waals surface area contributed by atoms with Gasteiger partial charge >= 0.3 is 5.97 Å². The first-order valence-corrected chi connectivity index (χ1v) is 5.31. The molecule has 8 nitrogen and oxygen atoms in total. The maximum Gasteiger partial charge on any atom is 0.338 e. The molecule has 2 N–H and O–H groups in total. The third-order valence-electron chi connectivity index (χ3n) is 2.48. The van der Waals surface area contributed by atoms with Gasteiger partial charge in [-0.25, -0.2) is 4.79 Å². The number of rotatable bonds is 5. The molecule has 0 saturated carbocycles. The summed E-state index contributed by atoms with van der Waals surface area (Å²) in [7, 11) is 2.84. The van der Waals surface area contributed by atoms with Crippen molar-refractivity contribution in [3.8, 4) is 0 Å². The Kier molecular flexibility index (Phi) is 4.41. The Morgan fingerprint density at radius 2 is 2.11 bits per heavy atom. The van der Waals surface area contributed by atoms with Gasteiger partial charge in [-0.3, -0.25) is 14.9 Å². The van der Waals surface area contributed by atoms with E-state index in [1.165, 1.54) is 37.2 Å². The van der Waals surface area contributed by atoms with Crippen LogP contribution in [-0.2, 0) is 4.79 Å². The van der Waals surface area contributed by atoms with E-state index in [4.69, 9.17) is 5.11 Å². The summed E-state index contributed by atoms with van der Waals surface area (Å²) in [6.45, 7) is -0.179. The van der Waals surface area contributed by atoms with E-state index in [-0.39, 0.29) is 29.4 Å². The number of amides is 1. The number of carboxylic acid groups (broad SMARTS) is 1. The Morgan fingerprint density at radius 1 is 1.47 bits per heavy atom. The highest BCUT2D eigenvalue weighted by Gasteiger charge is 2.25. The van der Waals surface area contributed by atoms with E-state index in [0.29, 0.717) is 0 Å². The number of carbonyl (C=O) groups is 2. The number of hydrogen-bond acceptors (Lipinski definition) is 5. The predicted octanol–water partition coefficient (Wildman–Crippen LogP) is 0.475. The minimum Gasteiger partial charge on any atom is -0.478 e. The minimum absolute atomic E-state index is 0.0939. The van der Waals surface area contributed by atoms with Crippen molar-refractivity contribution in [1.82, 2.24) is 5.32 Å². The molecule has 0 saturated heterocycles. The number of nitrogens with zero attached hydrogens (tertiary/aromatic N) is 2. The van der Waals surface area contributed by atoms with Crippen LogP contribution in [0.4, 0.5) is 11.4 Å². The van der Waals surface area contributed by atoms with Gasteiger partial charge in [0, 0.05) is 20.2 Å². The molecule has 1 amide bonds. The summed E-state index contributed by atoms with van der Waals surface area (Å²) in [4.78, 5) is 33.9. The van der Waals surface area contributed by atoms with Crippen LogP contribution in [0.5, 0.6) is 0 Å². The molecule has 0 atom stereocenters. The van der Waals surface area contributed by atoms with Crippen molar-refractivity contribution in [3.63, 3.8) is 0 Å². The average molecular weight is 267 g/mol. The Bertz CT molecular complexity index is 497. The van der Waals surface area contributed by atoms with E-state index < -0.39 is 10.9 Å². The van der Waals surface area contributed by atoms with Gasteiger partial charge < -0.3 is 15.3 Å². The summed E-state index contributed by atoms with van der Waals surface area (Å²) >= 11 is 0. The maximum absolute atomic E-state index is 11.3. The van der Waals surface area contributed by atoms with Gasteiger partial charge in [0.25, 0.3) is 5.69 Å². The molecule has 0 bridgehead atoms. The molecule has 0 fully saturated rings. The van der Waals surface area contributed by atoms with Crippen LogP contribution in [0.25, 0.3) is 0 Å². The van der Waals surface area contributed by atoms with Crippen LogP contribution in [0, 0.1) is 10.1 Å². The molecule has 0 heterocycles. The number of hydrogen-bond donors (Lipinski definition) is 2. The van der Waals surface area contributed by atoms with E-state index in [1.807, 2.05) is 0 Å². The van der Waals surface area contributed by atoms with Crippen LogP contribution in [0.3, 0.4) is 0 Å². The number of anilines is 1. The maximum atomic E-state index is 11.3. The molecular weight excluding hydrogens is 254 g/mol. The van der Waals surface area contributed by atoms with Crippen LogP contribution in [-0.4, -0.2) is 42.5 Å². The van der Waals surface area contributed by atoms with Gasteiger partial charge in [0.1, 0.15) is 5.69 Å². The van der Waals surface area contributed by atoms with Crippen LogP contribution in [0.15, 0.2) is 18.2 Å². The van der Waals surface area contributed by atoms with Gasteiger partial charge in [-0.05, 0) is 6.07 Å². The zero-order valence-corrected chi connectivity index (χ0v) is 10.4. The van der Waals surface area contributed by atoms with Gasteiger partial charge in [-0.2, -0.15) is 0 Å². The molecule has 0 spiro atoms. The zero-order chi connectivity index (χ0) is 14.6. The lowest BCUT2D eigenvalue weighted by atomic mass is 10.1. The molecule has 0 aliphatic heterocycles. The molecule has 8 heteroatoms. The number of nitro benzene ring substituents is 1. The Labute approximate surface area is 108 Å². The number of carboxylic acids is 1. The summed E-state index contributed by atoms with van der Waals surface area (Å²) in [6.07, 6.45) is 0. The molecule has 0 aliphatic rings. The van der Waals surface area contributed by atoms with Crippen molar-refractivity contribution in [2.75, 3.05) is 25.5 Å². The summed E-state index contributed by atoms with van der Waals surface area (Å²) < 4.78 is 0. The number of aromatic carboxylic acids is 1. The highest BCUT2D eigenvalue weighted by Crippen LogP contribution is 2.31. The lowest BCUT2D eigenvalue weighted by molar-refractivity contribution is -0.384. The molecule has 19 heavy (non-hydrogen) atoms. The summed E-state index contributed by atoms with van der Waals surface area (Å²) in [5.74, 6) is -1.67. The molecule has 0 unspecified atom stereocenters. The van der Waals surface area contributed by atoms with Crippen molar-refractivity contribution in [2.45, 2.75) is 0 Å². The first-order chi connectivity index (χ1) is 8.88. The first-order valence-electron chi connectivity index (χ1n) is 5.31. The van der Waals surface area contributed by atoms with E-state index in [2.05, 4.69) is 5.32 Å². The van der Waals surface area contributed by atoms with Crippen LogP contribution < -0.4 is 10.2 Å². The van der Waals surface area contributed by atoms with Crippen molar-refractivity contribution in [2.24, 2.45) is 0 Å². The smallest absolute Gasteiger partial charge is 0.338 e. The van der Waals surface area contributed by atoms with Crippen LogP contribution >= 0.6 is 0 Å². The average Bonchev–Trinajstić information content (AvgIpc) is 2.37. The normalized spacial score (nSPS) is 9.79. The first kappa shape index (κ1) is 14.4. The summed E-state index contributed by atoms with van der Waals surface area (Å²) in [6, 6.07) is 3.74. The molecule has 0 radical (unpaired) electrons. The Balaban J connectivity index is 3.32. The second kappa shape index (κ2) is 5.80. The second-order valence-corrected chi connectivity index (χ2v) is 3.76. The third-order valence-corrected chi connectivity index (χ3v) is 2.48. The monoisotopic (exact) mass is 267 g/mol. The fourth-order valence-electron chi connectivity index (χ4n) is 1.63. The largest absolute Gasteiger partial charge is 0.478 e. The molecule has 0 aromatic heterocycles. The van der Waals surface area contributed by atoms with E-state index >= 15 is 0 Å². The van der Waals surface area contributed by atoms with Crippen molar-refractivity contribution >= 4 is 23.3 Å². The number of para-hydroxylation sites is 1. The highest BCUT2D eigenvalue weighted by molar-refractivity contribution is 5.98. The summed E-state index contributed by atoms with van der Waals surface area (Å²) in [5, 5.41) is 22.4. The fraction of sp³-hybridized carbons (Fsp3) is 0.273. The quantitative estimate of drug-likeness (QED) is 0.592. The van der Waals surface area contributed by atoms with Crippen molar-refractivity contribution < 1.29 is 19.6 Å². The van der Waals surface area contributed by atoms with Crippen LogP contribution in [0.1, 0.15) is 10.4 Å². The SMILES string of the molecule is CNC(=O)CN(C)c1c(C(=O)O)cccc1[N+](=O)[O-]. The van der Waals surface area contributed by atoms with E-state index in [0.717, 1.165) is 0 Å². The number of likely N-dealkylation sites (N-methyl/N-ethyl adjacent to an activating group) is 2. The standard InChI is InChI=1S/C11H13N3O5/c1-12-9(15)6-13(2)10-7(11(16)17)4-3-5-8(10)14(18)19/h3-5H,6H2,1-2H3,(H,12,15)(H,16,17). The molecule has 102 valence electrons.